The van der Waals surface area contributed by atoms with E-state index in [1.54, 1.807) is 0 Å². The van der Waals surface area contributed by atoms with Crippen molar-refractivity contribution in [3.05, 3.63) is 34.3 Å². The predicted molar refractivity (Wildman–Crippen MR) is 72.9 cm³/mol. The van der Waals surface area contributed by atoms with E-state index in [0.29, 0.717) is 6.04 Å². The van der Waals surface area contributed by atoms with Crippen LogP contribution in [0.3, 0.4) is 0 Å². The molecular formula is C13H19BrN2O. The van der Waals surface area contributed by atoms with Gasteiger partial charge in [-0.2, -0.15) is 0 Å². The molecule has 4 heteroatoms. The van der Waals surface area contributed by atoms with Crippen LogP contribution >= 0.6 is 15.9 Å². The molecule has 1 aromatic rings. The molecule has 2 N–H and O–H groups in total. The molecule has 0 saturated carbocycles. The number of nitrogens with zero attached hydrogens (tertiary/aromatic N) is 1. The van der Waals surface area contributed by atoms with E-state index in [-0.39, 0.29) is 0 Å². The van der Waals surface area contributed by atoms with E-state index < -0.39 is 0 Å². The van der Waals surface area contributed by atoms with Gasteiger partial charge in [0.25, 0.3) is 0 Å². The Labute approximate surface area is 111 Å². The summed E-state index contributed by atoms with van der Waals surface area (Å²) in [6, 6.07) is 8.98. The minimum Gasteiger partial charge on any atom is -0.379 e. The number of ether oxygens (including phenoxy) is 1. The van der Waals surface area contributed by atoms with Crippen LogP contribution in [0.5, 0.6) is 0 Å². The number of hydrogen-bond donors (Lipinski definition) is 1. The molecule has 0 aromatic heterocycles. The Kier molecular flexibility index (Phi) is 4.98. The molecule has 1 unspecified atom stereocenters. The molecule has 0 aliphatic carbocycles. The van der Waals surface area contributed by atoms with Gasteiger partial charge in [0.2, 0.25) is 0 Å². The second-order valence-electron chi connectivity index (χ2n) is 4.29. The minimum atomic E-state index is 0.428. The summed E-state index contributed by atoms with van der Waals surface area (Å²) in [7, 11) is 0. The molecule has 1 heterocycles. The lowest BCUT2D eigenvalue weighted by atomic mass is 10.0. The summed E-state index contributed by atoms with van der Waals surface area (Å²) < 4.78 is 6.52. The first-order valence-electron chi connectivity index (χ1n) is 6.08. The molecular weight excluding hydrogens is 280 g/mol. The van der Waals surface area contributed by atoms with Crippen molar-refractivity contribution in [2.45, 2.75) is 12.5 Å². The quantitative estimate of drug-likeness (QED) is 0.926. The van der Waals surface area contributed by atoms with Crippen molar-refractivity contribution in [1.82, 2.24) is 4.90 Å². The first-order valence-corrected chi connectivity index (χ1v) is 6.88. The van der Waals surface area contributed by atoms with Gasteiger partial charge in [-0.1, -0.05) is 28.1 Å². The van der Waals surface area contributed by atoms with Crippen LogP contribution in [0, 0.1) is 0 Å². The maximum Gasteiger partial charge on any atom is 0.0594 e. The molecule has 0 radical (unpaired) electrons. The number of benzene rings is 1. The van der Waals surface area contributed by atoms with Crippen molar-refractivity contribution in [1.29, 1.82) is 0 Å². The van der Waals surface area contributed by atoms with Gasteiger partial charge in [-0.3, -0.25) is 4.90 Å². The molecule has 3 nitrogen and oxygen atoms in total. The van der Waals surface area contributed by atoms with Gasteiger partial charge in [0.05, 0.1) is 13.2 Å². The van der Waals surface area contributed by atoms with Crippen LogP contribution in [0.25, 0.3) is 0 Å². The van der Waals surface area contributed by atoms with Crippen LogP contribution in [0.4, 0.5) is 0 Å². The fraction of sp³-hybridized carbons (Fsp3) is 0.538. The number of halogens is 1. The molecule has 1 saturated heterocycles. The monoisotopic (exact) mass is 298 g/mol. The van der Waals surface area contributed by atoms with Crippen molar-refractivity contribution >= 4 is 15.9 Å². The number of nitrogens with two attached hydrogens (primary N) is 1. The standard InChI is InChI=1S/C13H19BrN2O/c14-12-3-1-11(2-4-12)13(5-6-15)16-7-9-17-10-8-16/h1-4,13H,5-10,15H2. The molecule has 1 aliphatic heterocycles. The molecule has 2 rings (SSSR count). The largest absolute Gasteiger partial charge is 0.379 e. The molecule has 0 bridgehead atoms. The minimum absolute atomic E-state index is 0.428. The predicted octanol–water partition coefficient (Wildman–Crippen LogP) is 2.17. The van der Waals surface area contributed by atoms with Crippen molar-refractivity contribution in [2.24, 2.45) is 5.73 Å². The lowest BCUT2D eigenvalue weighted by molar-refractivity contribution is 0.0147. The highest BCUT2D eigenvalue weighted by molar-refractivity contribution is 9.10. The lowest BCUT2D eigenvalue weighted by Crippen LogP contribution is -2.39. The second kappa shape index (κ2) is 6.50. The van der Waals surface area contributed by atoms with E-state index in [4.69, 9.17) is 10.5 Å². The number of morpholine rings is 1. The third kappa shape index (κ3) is 3.52. The maximum absolute atomic E-state index is 5.74. The van der Waals surface area contributed by atoms with Gasteiger partial charge in [0, 0.05) is 23.6 Å². The van der Waals surface area contributed by atoms with Crippen molar-refractivity contribution in [3.63, 3.8) is 0 Å². The summed E-state index contributed by atoms with van der Waals surface area (Å²) in [5, 5.41) is 0. The Bertz CT molecular complexity index is 336. The van der Waals surface area contributed by atoms with Gasteiger partial charge in [0.1, 0.15) is 0 Å². The Morgan fingerprint density at radius 3 is 2.47 bits per heavy atom. The zero-order valence-electron chi connectivity index (χ0n) is 9.94. The lowest BCUT2D eigenvalue weighted by Gasteiger charge is -2.34. The van der Waals surface area contributed by atoms with E-state index in [0.717, 1.165) is 43.7 Å². The van der Waals surface area contributed by atoms with E-state index in [1.165, 1.54) is 5.56 Å². The third-order valence-corrected chi connectivity index (χ3v) is 3.71. The van der Waals surface area contributed by atoms with Gasteiger partial charge in [-0.25, -0.2) is 0 Å². The summed E-state index contributed by atoms with van der Waals surface area (Å²) in [6.45, 7) is 4.38. The fourth-order valence-electron chi connectivity index (χ4n) is 2.29. The van der Waals surface area contributed by atoms with Gasteiger partial charge in [-0.05, 0) is 30.7 Å². The van der Waals surface area contributed by atoms with Crippen molar-refractivity contribution in [2.75, 3.05) is 32.8 Å². The van der Waals surface area contributed by atoms with Crippen molar-refractivity contribution in [3.8, 4) is 0 Å². The Hall–Kier alpha value is -0.420. The first-order chi connectivity index (χ1) is 8.31. The molecule has 0 amide bonds. The summed E-state index contributed by atoms with van der Waals surface area (Å²) >= 11 is 3.47. The Morgan fingerprint density at radius 2 is 1.88 bits per heavy atom. The summed E-state index contributed by atoms with van der Waals surface area (Å²) in [4.78, 5) is 2.47. The van der Waals surface area contributed by atoms with E-state index in [9.17, 15) is 0 Å². The van der Waals surface area contributed by atoms with E-state index >= 15 is 0 Å². The van der Waals surface area contributed by atoms with Gasteiger partial charge in [0.15, 0.2) is 0 Å². The van der Waals surface area contributed by atoms with Gasteiger partial charge in [-0.15, -0.1) is 0 Å². The highest BCUT2D eigenvalue weighted by Crippen LogP contribution is 2.26. The summed E-state index contributed by atoms with van der Waals surface area (Å²) in [5.74, 6) is 0. The Morgan fingerprint density at radius 1 is 1.24 bits per heavy atom. The molecule has 1 aromatic carbocycles. The number of rotatable bonds is 4. The van der Waals surface area contributed by atoms with Crippen LogP contribution in [-0.2, 0) is 4.74 Å². The molecule has 1 aliphatic rings. The molecule has 0 spiro atoms. The van der Waals surface area contributed by atoms with Gasteiger partial charge < -0.3 is 10.5 Å². The van der Waals surface area contributed by atoms with Gasteiger partial charge >= 0.3 is 0 Å². The van der Waals surface area contributed by atoms with Crippen LogP contribution in [0.2, 0.25) is 0 Å². The van der Waals surface area contributed by atoms with Crippen LogP contribution in [0.15, 0.2) is 28.7 Å². The number of hydrogen-bond acceptors (Lipinski definition) is 3. The average molecular weight is 299 g/mol. The van der Waals surface area contributed by atoms with E-state index in [1.807, 2.05) is 0 Å². The summed E-state index contributed by atoms with van der Waals surface area (Å²) in [6.07, 6.45) is 1.00. The average Bonchev–Trinajstić information content (AvgIpc) is 2.38. The molecule has 94 valence electrons. The summed E-state index contributed by atoms with van der Waals surface area (Å²) in [5.41, 5.74) is 7.08. The molecule has 1 fully saturated rings. The first kappa shape index (κ1) is 13.0. The zero-order chi connectivity index (χ0) is 12.1. The van der Waals surface area contributed by atoms with Crippen molar-refractivity contribution < 1.29 is 4.74 Å². The zero-order valence-corrected chi connectivity index (χ0v) is 11.5. The highest BCUT2D eigenvalue weighted by Gasteiger charge is 2.21. The third-order valence-electron chi connectivity index (χ3n) is 3.18. The second-order valence-corrected chi connectivity index (χ2v) is 5.21. The Balaban J connectivity index is 2.12. The normalized spacial score (nSPS) is 19.2. The maximum atomic E-state index is 5.74. The highest BCUT2D eigenvalue weighted by atomic mass is 79.9. The topological polar surface area (TPSA) is 38.5 Å². The van der Waals surface area contributed by atoms with E-state index in [2.05, 4.69) is 45.1 Å². The van der Waals surface area contributed by atoms with Crippen LogP contribution in [-0.4, -0.2) is 37.7 Å². The smallest absolute Gasteiger partial charge is 0.0594 e. The SMILES string of the molecule is NCCC(c1ccc(Br)cc1)N1CCOCC1. The van der Waals surface area contributed by atoms with Crippen LogP contribution in [0.1, 0.15) is 18.0 Å². The van der Waals surface area contributed by atoms with Crippen LogP contribution < -0.4 is 5.73 Å². The molecule has 17 heavy (non-hydrogen) atoms. The fourth-order valence-corrected chi connectivity index (χ4v) is 2.56. The molecule has 1 atom stereocenters.